The molecule has 0 saturated heterocycles. The lowest BCUT2D eigenvalue weighted by Crippen LogP contribution is -2.06. The lowest BCUT2D eigenvalue weighted by molar-refractivity contribution is 0.981. The highest BCUT2D eigenvalue weighted by molar-refractivity contribution is 6.16. The number of fused-ring (bicyclic) bond motifs is 11. The average molecular weight is 501 g/mol. The van der Waals surface area contributed by atoms with Crippen molar-refractivity contribution in [1.82, 2.24) is 28.3 Å². The molecule has 0 fully saturated rings. The van der Waals surface area contributed by atoms with E-state index >= 15 is 0 Å². The molecule has 6 heteroatoms. The molecule has 9 rings (SSSR count). The van der Waals surface area contributed by atoms with Crippen LogP contribution in [0.25, 0.3) is 72.4 Å². The molecule has 6 nitrogen and oxygen atoms in total. The van der Waals surface area contributed by atoms with Crippen LogP contribution < -0.4 is 0 Å². The first-order valence-electron chi connectivity index (χ1n) is 13.0. The molecule has 0 amide bonds. The van der Waals surface area contributed by atoms with Crippen LogP contribution in [0.1, 0.15) is 0 Å². The number of hydrogen-bond donors (Lipinski definition) is 0. The maximum Gasteiger partial charge on any atom is 0.236 e. The normalized spacial score (nSPS) is 12.1. The Balaban J connectivity index is 1.55. The molecule has 4 aromatic carbocycles. The smallest absolute Gasteiger partial charge is 0.236 e. The summed E-state index contributed by atoms with van der Waals surface area (Å²) in [5, 5.41) is 3.32. The molecule has 0 saturated carbocycles. The summed E-state index contributed by atoms with van der Waals surface area (Å²) in [6, 6.07) is 39.6. The fourth-order valence-electron chi connectivity index (χ4n) is 6.02. The first kappa shape index (κ1) is 20.6. The molecular formula is C33H20N6. The third-order valence-electron chi connectivity index (χ3n) is 7.66. The molecule has 182 valence electrons. The summed E-state index contributed by atoms with van der Waals surface area (Å²) in [6.07, 6.45) is 2.09. The Hall–Kier alpha value is -5.49. The molecule has 0 unspecified atom stereocenters. The fraction of sp³-hybridized carbons (Fsp3) is 0. The maximum absolute atomic E-state index is 5.26. The number of imidazole rings is 1. The van der Waals surface area contributed by atoms with Gasteiger partial charge in [0.1, 0.15) is 5.65 Å². The number of benzene rings is 4. The molecule has 0 aliphatic heterocycles. The summed E-state index contributed by atoms with van der Waals surface area (Å²) >= 11 is 0. The molecule has 0 aliphatic carbocycles. The Labute approximate surface area is 222 Å². The highest BCUT2D eigenvalue weighted by atomic mass is 15.2. The lowest BCUT2D eigenvalue weighted by atomic mass is 10.1. The minimum absolute atomic E-state index is 0.633. The van der Waals surface area contributed by atoms with E-state index in [4.69, 9.17) is 15.0 Å². The molecule has 0 N–H and O–H groups in total. The molecule has 39 heavy (non-hydrogen) atoms. The van der Waals surface area contributed by atoms with Crippen molar-refractivity contribution in [3.8, 4) is 17.2 Å². The van der Waals surface area contributed by atoms with Crippen LogP contribution in [0.5, 0.6) is 0 Å². The van der Waals surface area contributed by atoms with E-state index in [-0.39, 0.29) is 0 Å². The van der Waals surface area contributed by atoms with Gasteiger partial charge in [0, 0.05) is 22.5 Å². The largest absolute Gasteiger partial charge is 0.286 e. The van der Waals surface area contributed by atoms with Crippen molar-refractivity contribution in [2.45, 2.75) is 0 Å². The number of aromatic nitrogens is 6. The lowest BCUT2D eigenvalue weighted by Gasteiger charge is -2.13. The van der Waals surface area contributed by atoms with Gasteiger partial charge in [-0.2, -0.15) is 0 Å². The van der Waals surface area contributed by atoms with Crippen molar-refractivity contribution < 1.29 is 0 Å². The van der Waals surface area contributed by atoms with E-state index in [1.807, 2.05) is 24.3 Å². The first-order chi connectivity index (χ1) is 19.4. The highest BCUT2D eigenvalue weighted by Gasteiger charge is 2.23. The van der Waals surface area contributed by atoms with Gasteiger partial charge in [0.15, 0.2) is 0 Å². The van der Waals surface area contributed by atoms with E-state index in [0.717, 1.165) is 66.4 Å². The van der Waals surface area contributed by atoms with Gasteiger partial charge < -0.3 is 0 Å². The Morgan fingerprint density at radius 3 is 2.08 bits per heavy atom. The van der Waals surface area contributed by atoms with Crippen LogP contribution in [0.2, 0.25) is 0 Å². The maximum atomic E-state index is 5.26. The number of rotatable bonds is 2. The summed E-state index contributed by atoms with van der Waals surface area (Å²) in [5.74, 6) is 1.49. The molecule has 9 aromatic rings. The first-order valence-corrected chi connectivity index (χ1v) is 13.0. The van der Waals surface area contributed by atoms with Gasteiger partial charge in [0.2, 0.25) is 11.7 Å². The Bertz CT molecular complexity index is 2390. The van der Waals surface area contributed by atoms with Gasteiger partial charge in [-0.25, -0.2) is 15.0 Å². The van der Waals surface area contributed by atoms with Crippen molar-refractivity contribution in [3.63, 3.8) is 0 Å². The van der Waals surface area contributed by atoms with E-state index in [2.05, 4.69) is 111 Å². The topological polar surface area (TPSA) is 52.4 Å². The van der Waals surface area contributed by atoms with Crippen molar-refractivity contribution in [2.24, 2.45) is 0 Å². The van der Waals surface area contributed by atoms with Crippen LogP contribution in [0.4, 0.5) is 0 Å². The number of para-hydroxylation sites is 4. The molecule has 5 aromatic heterocycles. The third-order valence-corrected chi connectivity index (χ3v) is 7.66. The second-order valence-corrected chi connectivity index (χ2v) is 9.81. The fourth-order valence-corrected chi connectivity index (χ4v) is 6.02. The predicted molar refractivity (Wildman–Crippen MR) is 157 cm³/mol. The van der Waals surface area contributed by atoms with Crippen LogP contribution in [-0.2, 0) is 0 Å². The van der Waals surface area contributed by atoms with Crippen LogP contribution in [0, 0.1) is 0 Å². The Kier molecular flexibility index (Phi) is 3.96. The van der Waals surface area contributed by atoms with Gasteiger partial charge in [-0.1, -0.05) is 78.9 Å². The van der Waals surface area contributed by atoms with Crippen molar-refractivity contribution in [3.05, 3.63) is 121 Å². The second-order valence-electron chi connectivity index (χ2n) is 9.81. The SMILES string of the molecule is c1ccc(-c2nc(-n3c4ccccc4c4c5cccn5c5nc6ccccc6n5c43)nc3ccccc23)cc1. The van der Waals surface area contributed by atoms with Crippen LogP contribution in [0.3, 0.4) is 0 Å². The van der Waals surface area contributed by atoms with E-state index in [9.17, 15) is 0 Å². The quantitative estimate of drug-likeness (QED) is 0.248. The van der Waals surface area contributed by atoms with Gasteiger partial charge in [-0.05, 0) is 36.4 Å². The molecule has 5 heterocycles. The minimum atomic E-state index is 0.633. The van der Waals surface area contributed by atoms with Crippen molar-refractivity contribution in [2.75, 3.05) is 0 Å². The molecule has 0 atom stereocenters. The summed E-state index contributed by atoms with van der Waals surface area (Å²) in [5.41, 5.74) is 8.02. The number of hydrogen-bond acceptors (Lipinski definition) is 3. The molecule has 0 bridgehead atoms. The van der Waals surface area contributed by atoms with E-state index in [1.54, 1.807) is 0 Å². The van der Waals surface area contributed by atoms with Crippen LogP contribution in [-0.4, -0.2) is 28.3 Å². The zero-order chi connectivity index (χ0) is 25.5. The second kappa shape index (κ2) is 7.52. The number of nitrogens with zero attached hydrogens (tertiary/aromatic N) is 6. The van der Waals surface area contributed by atoms with E-state index in [0.29, 0.717) is 5.95 Å². The summed E-state index contributed by atoms with van der Waals surface area (Å²) in [6.45, 7) is 0. The highest BCUT2D eigenvalue weighted by Crippen LogP contribution is 2.37. The zero-order valence-corrected chi connectivity index (χ0v) is 20.7. The van der Waals surface area contributed by atoms with Gasteiger partial charge in [-0.3, -0.25) is 13.4 Å². The van der Waals surface area contributed by atoms with E-state index in [1.165, 1.54) is 0 Å². The Morgan fingerprint density at radius 2 is 1.21 bits per heavy atom. The summed E-state index contributed by atoms with van der Waals surface area (Å²) < 4.78 is 6.63. The zero-order valence-electron chi connectivity index (χ0n) is 20.7. The third kappa shape index (κ3) is 2.72. The van der Waals surface area contributed by atoms with Crippen molar-refractivity contribution >= 4 is 55.2 Å². The van der Waals surface area contributed by atoms with Crippen molar-refractivity contribution in [1.29, 1.82) is 0 Å². The molecule has 0 radical (unpaired) electrons. The summed E-state index contributed by atoms with van der Waals surface area (Å²) in [4.78, 5) is 15.5. The minimum Gasteiger partial charge on any atom is -0.286 e. The van der Waals surface area contributed by atoms with Gasteiger partial charge in [0.05, 0.1) is 38.7 Å². The standard InChI is InChI=1S/C33H20N6/c1-2-11-21(12-3-1)30-22-13-4-6-15-24(22)34-32(36-30)38-26-17-8-5-14-23(26)29-28-19-10-20-37(28)33-35-25-16-7-9-18-27(25)39(33)31(29)38/h1-20H. The Morgan fingerprint density at radius 1 is 0.513 bits per heavy atom. The van der Waals surface area contributed by atoms with Crippen LogP contribution >= 0.6 is 0 Å². The molecular weight excluding hydrogens is 480 g/mol. The molecule has 0 aliphatic rings. The predicted octanol–water partition coefficient (Wildman–Crippen LogP) is 7.45. The van der Waals surface area contributed by atoms with Gasteiger partial charge >= 0.3 is 0 Å². The van der Waals surface area contributed by atoms with Crippen LogP contribution in [0.15, 0.2) is 121 Å². The monoisotopic (exact) mass is 500 g/mol. The molecule has 0 spiro atoms. The summed E-state index contributed by atoms with van der Waals surface area (Å²) in [7, 11) is 0. The average Bonchev–Trinajstić information content (AvgIpc) is 3.71. The van der Waals surface area contributed by atoms with Gasteiger partial charge in [-0.15, -0.1) is 0 Å². The van der Waals surface area contributed by atoms with Gasteiger partial charge in [0.25, 0.3) is 0 Å². The van der Waals surface area contributed by atoms with E-state index < -0.39 is 0 Å².